The van der Waals surface area contributed by atoms with Gasteiger partial charge in [0.1, 0.15) is 5.00 Å². The number of hydrogen-bond donors (Lipinski definition) is 2. The third-order valence-corrected chi connectivity index (χ3v) is 4.46. The van der Waals surface area contributed by atoms with Gasteiger partial charge in [-0.2, -0.15) is 4.37 Å². The molecular formula is C14H17N5OS. The highest BCUT2D eigenvalue weighted by Gasteiger charge is 2.21. The normalized spacial score (nSPS) is 15.3. The fraction of sp³-hybridized carbons (Fsp3) is 0.429. The Morgan fingerprint density at radius 1 is 1.43 bits per heavy atom. The van der Waals surface area contributed by atoms with E-state index in [0.29, 0.717) is 11.7 Å². The van der Waals surface area contributed by atoms with Gasteiger partial charge >= 0.3 is 0 Å². The monoisotopic (exact) mass is 303 g/mol. The molecule has 1 aliphatic rings. The smallest absolute Gasteiger partial charge is 0.271 e. The van der Waals surface area contributed by atoms with E-state index in [-0.39, 0.29) is 5.69 Å². The number of hydrogen-bond acceptors (Lipinski definition) is 6. The molecule has 6 nitrogen and oxygen atoms in total. The first kappa shape index (κ1) is 13.9. The predicted octanol–water partition coefficient (Wildman–Crippen LogP) is 2.74. The van der Waals surface area contributed by atoms with Crippen molar-refractivity contribution in [1.82, 2.24) is 14.3 Å². The van der Waals surface area contributed by atoms with Crippen molar-refractivity contribution in [2.45, 2.75) is 38.5 Å². The van der Waals surface area contributed by atoms with Crippen LogP contribution in [0.25, 0.3) is 0 Å². The van der Waals surface area contributed by atoms with Crippen LogP contribution in [0, 0.1) is 6.92 Å². The molecule has 7 heteroatoms. The molecule has 0 aromatic carbocycles. The van der Waals surface area contributed by atoms with Crippen molar-refractivity contribution >= 4 is 28.3 Å². The summed E-state index contributed by atoms with van der Waals surface area (Å²) in [6.45, 7) is 1.91. The minimum absolute atomic E-state index is 0.169. The molecule has 3 N–H and O–H groups in total. The Bertz CT molecular complexity index is 663. The zero-order valence-corrected chi connectivity index (χ0v) is 12.6. The number of primary amides is 1. The molecule has 0 saturated heterocycles. The van der Waals surface area contributed by atoms with Crippen LogP contribution in [0.2, 0.25) is 0 Å². The average Bonchev–Trinajstić information content (AvgIpc) is 3.10. The van der Waals surface area contributed by atoms with Gasteiger partial charge in [-0.05, 0) is 37.4 Å². The van der Waals surface area contributed by atoms with Crippen LogP contribution in [0.5, 0.6) is 0 Å². The van der Waals surface area contributed by atoms with Crippen LogP contribution in [0.3, 0.4) is 0 Å². The maximum absolute atomic E-state index is 11.5. The molecule has 1 aliphatic carbocycles. The largest absolute Gasteiger partial charge is 0.364 e. The van der Waals surface area contributed by atoms with Crippen LogP contribution in [-0.2, 0) is 0 Å². The Morgan fingerprint density at radius 2 is 2.19 bits per heavy atom. The van der Waals surface area contributed by atoms with E-state index in [0.717, 1.165) is 29.2 Å². The molecule has 0 radical (unpaired) electrons. The van der Waals surface area contributed by atoms with Gasteiger partial charge in [0.05, 0.1) is 11.4 Å². The molecule has 1 amide bonds. The van der Waals surface area contributed by atoms with Crippen LogP contribution in [0.1, 0.15) is 53.5 Å². The molecule has 21 heavy (non-hydrogen) atoms. The summed E-state index contributed by atoms with van der Waals surface area (Å²) in [5.41, 5.74) is 7.40. The molecule has 2 aromatic heterocycles. The van der Waals surface area contributed by atoms with Gasteiger partial charge in [-0.15, -0.1) is 0 Å². The predicted molar refractivity (Wildman–Crippen MR) is 81.9 cm³/mol. The highest BCUT2D eigenvalue weighted by atomic mass is 32.1. The second-order valence-electron chi connectivity index (χ2n) is 5.30. The molecule has 0 unspecified atom stereocenters. The third-order valence-electron chi connectivity index (χ3n) is 3.67. The topological polar surface area (TPSA) is 93.8 Å². The lowest BCUT2D eigenvalue weighted by Gasteiger charge is -2.12. The van der Waals surface area contributed by atoms with E-state index >= 15 is 0 Å². The number of aryl methyl sites for hydroxylation is 1. The summed E-state index contributed by atoms with van der Waals surface area (Å²) in [6.07, 6.45) is 6.38. The standard InChI is InChI=1S/C14H17N5OS/c1-8-6-11(21-19-8)18-14-12(13(15)20)16-7-10(17-14)9-4-2-3-5-9/h6-7,9H,2-5H2,1H3,(H2,15,20)(H,17,18). The Morgan fingerprint density at radius 3 is 2.81 bits per heavy atom. The Balaban J connectivity index is 1.93. The number of carbonyl (C=O) groups excluding carboxylic acids is 1. The lowest BCUT2D eigenvalue weighted by atomic mass is 10.0. The molecule has 1 fully saturated rings. The second kappa shape index (κ2) is 5.77. The van der Waals surface area contributed by atoms with Gasteiger partial charge < -0.3 is 11.1 Å². The number of aromatic nitrogens is 3. The molecule has 0 aliphatic heterocycles. The van der Waals surface area contributed by atoms with Crippen molar-refractivity contribution in [1.29, 1.82) is 0 Å². The summed E-state index contributed by atoms with van der Waals surface area (Å²) in [5, 5.41) is 3.95. The fourth-order valence-corrected chi connectivity index (χ4v) is 3.29. The van der Waals surface area contributed by atoms with E-state index in [9.17, 15) is 4.79 Å². The first-order valence-corrected chi connectivity index (χ1v) is 7.78. The van der Waals surface area contributed by atoms with Gasteiger partial charge in [-0.1, -0.05) is 12.8 Å². The quantitative estimate of drug-likeness (QED) is 0.905. The minimum atomic E-state index is -0.579. The summed E-state index contributed by atoms with van der Waals surface area (Å²) in [7, 11) is 0. The van der Waals surface area contributed by atoms with Crippen molar-refractivity contribution in [3.05, 3.63) is 29.3 Å². The fourth-order valence-electron chi connectivity index (χ4n) is 2.63. The zero-order chi connectivity index (χ0) is 14.8. The van der Waals surface area contributed by atoms with Crippen LogP contribution in [0.4, 0.5) is 10.8 Å². The van der Waals surface area contributed by atoms with Gasteiger partial charge in [0.15, 0.2) is 11.5 Å². The summed E-state index contributed by atoms with van der Waals surface area (Å²) in [5.74, 6) is 0.280. The zero-order valence-electron chi connectivity index (χ0n) is 11.8. The van der Waals surface area contributed by atoms with Crippen molar-refractivity contribution in [2.24, 2.45) is 5.73 Å². The van der Waals surface area contributed by atoms with E-state index in [4.69, 9.17) is 5.73 Å². The van der Waals surface area contributed by atoms with E-state index in [1.165, 1.54) is 24.4 Å². The molecule has 0 bridgehead atoms. The van der Waals surface area contributed by atoms with E-state index in [2.05, 4.69) is 19.7 Å². The summed E-state index contributed by atoms with van der Waals surface area (Å²) in [6, 6.07) is 1.90. The van der Waals surface area contributed by atoms with Gasteiger partial charge in [0.25, 0.3) is 5.91 Å². The van der Waals surface area contributed by atoms with Crippen LogP contribution in [0.15, 0.2) is 12.3 Å². The van der Waals surface area contributed by atoms with Gasteiger partial charge in [0.2, 0.25) is 0 Å². The maximum Gasteiger partial charge on any atom is 0.271 e. The molecule has 2 heterocycles. The van der Waals surface area contributed by atoms with Crippen LogP contribution in [-0.4, -0.2) is 20.2 Å². The Hall–Kier alpha value is -2.02. The average molecular weight is 303 g/mol. The van der Waals surface area contributed by atoms with Crippen LogP contribution >= 0.6 is 11.5 Å². The van der Waals surface area contributed by atoms with E-state index in [1.807, 2.05) is 13.0 Å². The third kappa shape index (κ3) is 3.02. The van der Waals surface area contributed by atoms with E-state index in [1.54, 1.807) is 6.20 Å². The summed E-state index contributed by atoms with van der Waals surface area (Å²) >= 11 is 1.32. The number of nitrogens with two attached hydrogens (primary N) is 1. The molecule has 1 saturated carbocycles. The molecule has 3 rings (SSSR count). The summed E-state index contributed by atoms with van der Waals surface area (Å²) in [4.78, 5) is 20.3. The molecule has 2 aromatic rings. The number of anilines is 2. The van der Waals surface area contributed by atoms with Crippen LogP contribution < -0.4 is 11.1 Å². The van der Waals surface area contributed by atoms with Crippen molar-refractivity contribution in [3.63, 3.8) is 0 Å². The van der Waals surface area contributed by atoms with Crippen molar-refractivity contribution < 1.29 is 4.79 Å². The number of amides is 1. The summed E-state index contributed by atoms with van der Waals surface area (Å²) < 4.78 is 4.20. The number of carbonyl (C=O) groups is 1. The Kier molecular flexibility index (Phi) is 3.83. The Labute approximate surface area is 127 Å². The van der Waals surface area contributed by atoms with E-state index < -0.39 is 5.91 Å². The van der Waals surface area contributed by atoms with Crippen molar-refractivity contribution in [3.8, 4) is 0 Å². The second-order valence-corrected chi connectivity index (χ2v) is 6.10. The van der Waals surface area contributed by atoms with Gasteiger partial charge in [-0.3, -0.25) is 4.79 Å². The first-order valence-electron chi connectivity index (χ1n) is 7.00. The van der Waals surface area contributed by atoms with Gasteiger partial charge in [-0.25, -0.2) is 9.97 Å². The number of nitrogens with one attached hydrogen (secondary N) is 1. The van der Waals surface area contributed by atoms with Gasteiger partial charge in [0, 0.05) is 12.1 Å². The molecular weight excluding hydrogens is 286 g/mol. The highest BCUT2D eigenvalue weighted by molar-refractivity contribution is 7.10. The first-order chi connectivity index (χ1) is 10.1. The lowest BCUT2D eigenvalue weighted by Crippen LogP contribution is -2.17. The SMILES string of the molecule is Cc1cc(Nc2nc(C3CCCC3)cnc2C(N)=O)sn1. The lowest BCUT2D eigenvalue weighted by molar-refractivity contribution is 0.0996. The minimum Gasteiger partial charge on any atom is -0.364 e. The maximum atomic E-state index is 11.5. The number of rotatable bonds is 4. The molecule has 0 spiro atoms. The molecule has 0 atom stereocenters. The number of nitrogens with zero attached hydrogens (tertiary/aromatic N) is 3. The molecule has 110 valence electrons. The van der Waals surface area contributed by atoms with Crippen molar-refractivity contribution in [2.75, 3.05) is 5.32 Å². The highest BCUT2D eigenvalue weighted by Crippen LogP contribution is 2.34.